The summed E-state index contributed by atoms with van der Waals surface area (Å²) >= 11 is 0. The zero-order chi connectivity index (χ0) is 15.9. The second-order valence-electron chi connectivity index (χ2n) is 4.50. The van der Waals surface area contributed by atoms with Crippen LogP contribution in [0.3, 0.4) is 0 Å². The molecule has 21 heavy (non-hydrogen) atoms. The highest BCUT2D eigenvalue weighted by Crippen LogP contribution is 2.06. The molecule has 0 aliphatic carbocycles. The van der Waals surface area contributed by atoms with E-state index in [9.17, 15) is 18.0 Å². The summed E-state index contributed by atoms with van der Waals surface area (Å²) in [5.41, 5.74) is 0. The lowest BCUT2D eigenvalue weighted by atomic mass is 10.2. The first-order valence-electron chi connectivity index (χ1n) is 6.37. The number of rotatable bonds is 8. The summed E-state index contributed by atoms with van der Waals surface area (Å²) < 4.78 is 26.0. The Bertz CT molecular complexity index is 586. The Labute approximate surface area is 123 Å². The molecule has 116 valence electrons. The van der Waals surface area contributed by atoms with Gasteiger partial charge in [-0.1, -0.05) is 25.1 Å². The molecule has 1 rings (SSSR count). The van der Waals surface area contributed by atoms with E-state index < -0.39 is 27.8 Å². The summed E-state index contributed by atoms with van der Waals surface area (Å²) in [4.78, 5) is 22.2. The van der Waals surface area contributed by atoms with Crippen molar-refractivity contribution in [2.45, 2.75) is 18.2 Å². The SMILES string of the molecule is CC(CNC(=O)CCNS(=O)(=O)c1ccccc1)C(=O)O. The Kier molecular flexibility index (Phi) is 6.32. The van der Waals surface area contributed by atoms with E-state index in [0.29, 0.717) is 0 Å². The molecule has 1 unspecified atom stereocenters. The van der Waals surface area contributed by atoms with E-state index in [1.807, 2.05) is 0 Å². The zero-order valence-electron chi connectivity index (χ0n) is 11.6. The second kappa shape index (κ2) is 7.75. The van der Waals surface area contributed by atoms with Crippen LogP contribution in [0, 0.1) is 5.92 Å². The molecule has 0 aliphatic heterocycles. The largest absolute Gasteiger partial charge is 0.481 e. The predicted octanol–water partition coefficient (Wildman–Crippen LogP) is 0.192. The third-order valence-electron chi connectivity index (χ3n) is 2.72. The van der Waals surface area contributed by atoms with Gasteiger partial charge in [-0.2, -0.15) is 0 Å². The van der Waals surface area contributed by atoms with Gasteiger partial charge in [-0.05, 0) is 12.1 Å². The van der Waals surface area contributed by atoms with Crippen LogP contribution in [-0.2, 0) is 19.6 Å². The molecular weight excluding hydrogens is 296 g/mol. The van der Waals surface area contributed by atoms with Gasteiger partial charge in [-0.25, -0.2) is 13.1 Å². The lowest BCUT2D eigenvalue weighted by Crippen LogP contribution is -2.34. The number of sulfonamides is 1. The summed E-state index contributed by atoms with van der Waals surface area (Å²) in [5, 5.41) is 11.1. The third kappa shape index (κ3) is 5.92. The highest BCUT2D eigenvalue weighted by atomic mass is 32.2. The molecule has 1 atom stereocenters. The van der Waals surface area contributed by atoms with Crippen molar-refractivity contribution in [1.29, 1.82) is 0 Å². The van der Waals surface area contributed by atoms with Gasteiger partial charge >= 0.3 is 5.97 Å². The van der Waals surface area contributed by atoms with E-state index in [-0.39, 0.29) is 24.4 Å². The van der Waals surface area contributed by atoms with Crippen LogP contribution < -0.4 is 10.0 Å². The molecule has 3 N–H and O–H groups in total. The molecule has 0 bridgehead atoms. The molecule has 7 nitrogen and oxygen atoms in total. The highest BCUT2D eigenvalue weighted by Gasteiger charge is 2.14. The van der Waals surface area contributed by atoms with E-state index in [2.05, 4.69) is 10.0 Å². The Balaban J connectivity index is 2.36. The van der Waals surface area contributed by atoms with Crippen molar-refractivity contribution >= 4 is 21.9 Å². The van der Waals surface area contributed by atoms with E-state index in [1.54, 1.807) is 18.2 Å². The van der Waals surface area contributed by atoms with Crippen molar-refractivity contribution < 1.29 is 23.1 Å². The number of hydrogen-bond donors (Lipinski definition) is 3. The molecule has 0 aromatic heterocycles. The average Bonchev–Trinajstić information content (AvgIpc) is 2.45. The van der Waals surface area contributed by atoms with Crippen molar-refractivity contribution in [2.75, 3.05) is 13.1 Å². The maximum absolute atomic E-state index is 11.8. The van der Waals surface area contributed by atoms with Gasteiger partial charge in [-0.3, -0.25) is 9.59 Å². The number of hydrogen-bond acceptors (Lipinski definition) is 4. The molecule has 0 aliphatic rings. The molecule has 0 saturated carbocycles. The van der Waals surface area contributed by atoms with Gasteiger partial charge in [0.1, 0.15) is 0 Å². The van der Waals surface area contributed by atoms with E-state index >= 15 is 0 Å². The summed E-state index contributed by atoms with van der Waals surface area (Å²) in [6.45, 7) is 1.44. The van der Waals surface area contributed by atoms with Gasteiger partial charge in [0, 0.05) is 19.5 Å². The standard InChI is InChI=1S/C13H18N2O5S/c1-10(13(17)18)9-14-12(16)7-8-15-21(19,20)11-5-3-2-4-6-11/h2-6,10,15H,7-9H2,1H3,(H,14,16)(H,17,18). The minimum Gasteiger partial charge on any atom is -0.481 e. The van der Waals surface area contributed by atoms with Crippen LogP contribution in [0.4, 0.5) is 0 Å². The number of carbonyl (C=O) groups is 2. The first-order valence-corrected chi connectivity index (χ1v) is 7.85. The van der Waals surface area contributed by atoms with Gasteiger partial charge in [0.05, 0.1) is 10.8 Å². The third-order valence-corrected chi connectivity index (χ3v) is 4.20. The number of carboxylic acid groups (broad SMARTS) is 1. The molecule has 8 heteroatoms. The molecule has 0 saturated heterocycles. The van der Waals surface area contributed by atoms with Gasteiger partial charge in [0.15, 0.2) is 0 Å². The van der Waals surface area contributed by atoms with Crippen LogP contribution >= 0.6 is 0 Å². The van der Waals surface area contributed by atoms with Crippen molar-refractivity contribution in [3.63, 3.8) is 0 Å². The minimum absolute atomic E-state index is 0.0135. The molecule has 1 aromatic carbocycles. The van der Waals surface area contributed by atoms with Crippen LogP contribution in [0.2, 0.25) is 0 Å². The minimum atomic E-state index is -3.62. The van der Waals surface area contributed by atoms with Crippen LogP contribution in [0.1, 0.15) is 13.3 Å². The van der Waals surface area contributed by atoms with Crippen LogP contribution in [-0.4, -0.2) is 38.5 Å². The second-order valence-corrected chi connectivity index (χ2v) is 6.27. The first-order chi connectivity index (χ1) is 9.83. The quantitative estimate of drug-likeness (QED) is 0.634. The highest BCUT2D eigenvalue weighted by molar-refractivity contribution is 7.89. The fourth-order valence-corrected chi connectivity index (χ4v) is 2.48. The number of nitrogens with one attached hydrogen (secondary N) is 2. The molecular formula is C13H18N2O5S. The molecule has 1 amide bonds. The van der Waals surface area contributed by atoms with Gasteiger partial charge in [-0.15, -0.1) is 0 Å². The number of carboxylic acids is 1. The van der Waals surface area contributed by atoms with Crippen LogP contribution in [0.15, 0.2) is 35.2 Å². The monoisotopic (exact) mass is 314 g/mol. The first kappa shape index (κ1) is 17.1. The van der Waals surface area contributed by atoms with Gasteiger partial charge in [0.2, 0.25) is 15.9 Å². The van der Waals surface area contributed by atoms with Crippen molar-refractivity contribution in [3.05, 3.63) is 30.3 Å². The topological polar surface area (TPSA) is 113 Å². The normalized spacial score (nSPS) is 12.6. The molecule has 0 fully saturated rings. The van der Waals surface area contributed by atoms with Crippen molar-refractivity contribution in [3.8, 4) is 0 Å². The fraction of sp³-hybridized carbons (Fsp3) is 0.385. The number of amides is 1. The average molecular weight is 314 g/mol. The van der Waals surface area contributed by atoms with Gasteiger partial charge < -0.3 is 10.4 Å². The summed E-state index contributed by atoms with van der Waals surface area (Å²) in [5.74, 6) is -2.09. The fourth-order valence-electron chi connectivity index (χ4n) is 1.42. The van der Waals surface area contributed by atoms with Crippen molar-refractivity contribution in [2.24, 2.45) is 5.92 Å². The number of aliphatic carboxylic acids is 1. The Morgan fingerprint density at radius 1 is 1.24 bits per heavy atom. The van der Waals surface area contributed by atoms with E-state index in [0.717, 1.165) is 0 Å². The molecule has 0 heterocycles. The maximum atomic E-state index is 11.8. The molecule has 1 aromatic rings. The Morgan fingerprint density at radius 3 is 2.43 bits per heavy atom. The lowest BCUT2D eigenvalue weighted by Gasteiger charge is -2.09. The Morgan fingerprint density at radius 2 is 1.86 bits per heavy atom. The molecule has 0 spiro atoms. The van der Waals surface area contributed by atoms with E-state index in [4.69, 9.17) is 5.11 Å². The van der Waals surface area contributed by atoms with Crippen molar-refractivity contribution in [1.82, 2.24) is 10.0 Å². The number of carbonyl (C=O) groups excluding carboxylic acids is 1. The summed E-state index contributed by atoms with van der Waals surface area (Å²) in [6.07, 6.45) is -0.0571. The van der Waals surface area contributed by atoms with Gasteiger partial charge in [0.25, 0.3) is 0 Å². The number of benzene rings is 1. The summed E-state index contributed by atoms with van der Waals surface area (Å²) in [6, 6.07) is 7.83. The maximum Gasteiger partial charge on any atom is 0.308 e. The van der Waals surface area contributed by atoms with Crippen LogP contribution in [0.5, 0.6) is 0 Å². The zero-order valence-corrected chi connectivity index (χ0v) is 12.4. The molecule has 0 radical (unpaired) electrons. The lowest BCUT2D eigenvalue weighted by molar-refractivity contribution is -0.141. The van der Waals surface area contributed by atoms with Crippen LogP contribution in [0.25, 0.3) is 0 Å². The Hall–Kier alpha value is -1.93. The smallest absolute Gasteiger partial charge is 0.308 e. The van der Waals surface area contributed by atoms with E-state index in [1.165, 1.54) is 19.1 Å². The predicted molar refractivity (Wildman–Crippen MR) is 76.1 cm³/mol. The summed E-state index contributed by atoms with van der Waals surface area (Å²) in [7, 11) is -3.62.